The van der Waals surface area contributed by atoms with Crippen molar-refractivity contribution in [2.75, 3.05) is 26.1 Å². The number of fused-ring (bicyclic) bond motifs is 1. The number of hydrogen-bond donors (Lipinski definition) is 2. The lowest BCUT2D eigenvalue weighted by Gasteiger charge is -2.33. The molecule has 3 heterocycles. The van der Waals surface area contributed by atoms with Crippen molar-refractivity contribution in [1.82, 2.24) is 20.1 Å². The fourth-order valence-corrected chi connectivity index (χ4v) is 3.98. The number of benzene rings is 1. The van der Waals surface area contributed by atoms with Gasteiger partial charge in [-0.25, -0.2) is 4.79 Å². The second-order valence-corrected chi connectivity index (χ2v) is 7.29. The zero-order valence-corrected chi connectivity index (χ0v) is 16.6. The fraction of sp³-hybridized carbons (Fsp3) is 0.263. The van der Waals surface area contributed by atoms with Gasteiger partial charge in [0.15, 0.2) is 5.01 Å². The molecule has 0 saturated carbocycles. The van der Waals surface area contributed by atoms with E-state index in [9.17, 15) is 9.90 Å². The van der Waals surface area contributed by atoms with E-state index in [-0.39, 0.29) is 19.1 Å². The third-order valence-corrected chi connectivity index (χ3v) is 5.46. The molecule has 29 heavy (non-hydrogen) atoms. The molecule has 0 bridgehead atoms. The minimum Gasteiger partial charge on any atom is -0.496 e. The standard InChI is InChI=1S/C19H19N5O4S/c1-27-14-6-7-15(28-2)16-11(14)9-24(10-13(16)25)19(26)21-18-23-22-17(29-18)12-5-3-4-8-20-12/h3-8,13,25H,9-10H2,1-2H3,(H,21,23,26)/t13-/m1/s1. The highest BCUT2D eigenvalue weighted by Crippen LogP contribution is 2.39. The minimum absolute atomic E-state index is 0.119. The van der Waals surface area contributed by atoms with Crippen LogP contribution in [0.2, 0.25) is 0 Å². The minimum atomic E-state index is -0.895. The van der Waals surface area contributed by atoms with Crippen molar-refractivity contribution in [3.8, 4) is 22.2 Å². The summed E-state index contributed by atoms with van der Waals surface area (Å²) in [5.74, 6) is 1.16. The number of carbonyl (C=O) groups is 1. The third kappa shape index (κ3) is 3.71. The summed E-state index contributed by atoms with van der Waals surface area (Å²) < 4.78 is 10.8. The van der Waals surface area contributed by atoms with Gasteiger partial charge in [-0.05, 0) is 24.3 Å². The van der Waals surface area contributed by atoms with Crippen molar-refractivity contribution in [1.29, 1.82) is 0 Å². The van der Waals surface area contributed by atoms with E-state index in [1.165, 1.54) is 16.2 Å². The van der Waals surface area contributed by atoms with Crippen LogP contribution in [0.3, 0.4) is 0 Å². The molecule has 0 saturated heterocycles. The Bertz CT molecular complexity index is 1030. The average Bonchev–Trinajstić information content (AvgIpc) is 3.22. The number of nitrogens with zero attached hydrogens (tertiary/aromatic N) is 4. The number of carbonyl (C=O) groups excluding carboxylic acids is 1. The van der Waals surface area contributed by atoms with Crippen molar-refractivity contribution >= 4 is 22.5 Å². The first-order valence-corrected chi connectivity index (χ1v) is 9.65. The number of urea groups is 1. The Kier molecular flexibility index (Phi) is 5.28. The maximum absolute atomic E-state index is 12.8. The number of methoxy groups -OCH3 is 2. The van der Waals surface area contributed by atoms with Crippen molar-refractivity contribution in [3.05, 3.63) is 47.7 Å². The largest absolute Gasteiger partial charge is 0.496 e. The Morgan fingerprint density at radius 3 is 2.72 bits per heavy atom. The molecule has 1 aromatic carbocycles. The second-order valence-electron chi connectivity index (χ2n) is 6.32. The van der Waals surface area contributed by atoms with Gasteiger partial charge >= 0.3 is 6.03 Å². The molecule has 1 aliphatic heterocycles. The lowest BCUT2D eigenvalue weighted by Crippen LogP contribution is -2.41. The summed E-state index contributed by atoms with van der Waals surface area (Å²) in [4.78, 5) is 18.5. The molecule has 4 rings (SSSR count). The molecule has 0 aliphatic carbocycles. The Labute approximate surface area is 170 Å². The van der Waals surface area contributed by atoms with Gasteiger partial charge in [0, 0.05) is 17.3 Å². The maximum atomic E-state index is 12.8. The zero-order valence-electron chi connectivity index (χ0n) is 15.8. The van der Waals surface area contributed by atoms with Crippen LogP contribution in [0.5, 0.6) is 11.5 Å². The highest BCUT2D eigenvalue weighted by atomic mass is 32.1. The van der Waals surface area contributed by atoms with E-state index in [2.05, 4.69) is 20.5 Å². The molecule has 1 aliphatic rings. The second kappa shape index (κ2) is 8.02. The molecule has 0 unspecified atom stereocenters. The molecule has 2 N–H and O–H groups in total. The first-order valence-electron chi connectivity index (χ1n) is 8.83. The van der Waals surface area contributed by atoms with Crippen LogP contribution in [0.25, 0.3) is 10.7 Å². The molecule has 2 amide bonds. The van der Waals surface area contributed by atoms with E-state index in [0.29, 0.717) is 38.5 Å². The molecule has 1 atom stereocenters. The van der Waals surface area contributed by atoms with E-state index in [1.54, 1.807) is 32.5 Å². The maximum Gasteiger partial charge on any atom is 0.324 e. The van der Waals surface area contributed by atoms with Crippen LogP contribution in [-0.2, 0) is 6.54 Å². The van der Waals surface area contributed by atoms with Crippen LogP contribution in [0, 0.1) is 0 Å². The molecule has 10 heteroatoms. The smallest absolute Gasteiger partial charge is 0.324 e. The molecule has 0 spiro atoms. The predicted octanol–water partition coefficient (Wildman–Crippen LogP) is 2.70. The van der Waals surface area contributed by atoms with E-state index in [1.807, 2.05) is 18.2 Å². The van der Waals surface area contributed by atoms with E-state index >= 15 is 0 Å². The quantitative estimate of drug-likeness (QED) is 0.677. The first kappa shape index (κ1) is 19.1. The fourth-order valence-electron chi connectivity index (χ4n) is 3.27. The number of pyridine rings is 1. The number of aromatic nitrogens is 3. The Morgan fingerprint density at radius 1 is 1.21 bits per heavy atom. The van der Waals surface area contributed by atoms with Gasteiger partial charge in [-0.15, -0.1) is 10.2 Å². The highest BCUT2D eigenvalue weighted by Gasteiger charge is 2.32. The molecular weight excluding hydrogens is 394 g/mol. The number of anilines is 1. The molecule has 3 aromatic rings. The Balaban J connectivity index is 1.53. The predicted molar refractivity (Wildman–Crippen MR) is 107 cm³/mol. The monoisotopic (exact) mass is 413 g/mol. The number of rotatable bonds is 4. The number of ether oxygens (including phenoxy) is 2. The summed E-state index contributed by atoms with van der Waals surface area (Å²) in [5, 5.41) is 22.4. The number of aliphatic hydroxyl groups is 1. The van der Waals surface area contributed by atoms with Crippen molar-refractivity contribution in [2.24, 2.45) is 0 Å². The number of amides is 2. The summed E-state index contributed by atoms with van der Waals surface area (Å²) >= 11 is 1.23. The number of β-amino-alcohol motifs (C(OH)–C–C–N with tert-alkyl or cyclic N) is 1. The number of aliphatic hydroxyl groups excluding tert-OH is 1. The van der Waals surface area contributed by atoms with Gasteiger partial charge < -0.3 is 19.5 Å². The van der Waals surface area contributed by atoms with E-state index < -0.39 is 6.10 Å². The van der Waals surface area contributed by atoms with Gasteiger partial charge in [-0.1, -0.05) is 17.4 Å². The summed E-state index contributed by atoms with van der Waals surface area (Å²) in [6.07, 6.45) is 0.775. The van der Waals surface area contributed by atoms with E-state index in [0.717, 1.165) is 0 Å². The topological polar surface area (TPSA) is 110 Å². The van der Waals surface area contributed by atoms with Crippen LogP contribution < -0.4 is 14.8 Å². The molecule has 0 fully saturated rings. The van der Waals surface area contributed by atoms with Gasteiger partial charge in [-0.2, -0.15) is 0 Å². The first-order chi connectivity index (χ1) is 14.1. The van der Waals surface area contributed by atoms with Gasteiger partial charge in [-0.3, -0.25) is 10.3 Å². The van der Waals surface area contributed by atoms with Crippen LogP contribution in [0.15, 0.2) is 36.5 Å². The van der Waals surface area contributed by atoms with E-state index in [4.69, 9.17) is 9.47 Å². The molecular formula is C19H19N5O4S. The van der Waals surface area contributed by atoms with Crippen LogP contribution in [0.4, 0.5) is 9.93 Å². The number of nitrogens with one attached hydrogen (secondary N) is 1. The van der Waals surface area contributed by atoms with Gasteiger partial charge in [0.2, 0.25) is 5.13 Å². The normalized spacial score (nSPS) is 15.6. The Hall–Kier alpha value is -3.24. The SMILES string of the molecule is COc1ccc(OC)c2c1CN(C(=O)Nc1nnc(-c3ccccn3)s1)C[C@H]2O. The van der Waals surface area contributed by atoms with Crippen molar-refractivity contribution in [2.45, 2.75) is 12.6 Å². The molecule has 2 aromatic heterocycles. The summed E-state index contributed by atoms with van der Waals surface area (Å²) in [5.41, 5.74) is 2.04. The summed E-state index contributed by atoms with van der Waals surface area (Å²) in [6.45, 7) is 0.388. The molecule has 150 valence electrons. The highest BCUT2D eigenvalue weighted by molar-refractivity contribution is 7.18. The van der Waals surface area contributed by atoms with Crippen LogP contribution in [-0.4, -0.2) is 52.0 Å². The molecule has 9 nitrogen and oxygen atoms in total. The Morgan fingerprint density at radius 2 is 2.00 bits per heavy atom. The van der Waals surface area contributed by atoms with Gasteiger partial charge in [0.25, 0.3) is 0 Å². The van der Waals surface area contributed by atoms with Crippen molar-refractivity contribution < 1.29 is 19.4 Å². The third-order valence-electron chi connectivity index (χ3n) is 4.60. The lowest BCUT2D eigenvalue weighted by molar-refractivity contribution is 0.105. The van der Waals surface area contributed by atoms with Crippen LogP contribution >= 0.6 is 11.3 Å². The lowest BCUT2D eigenvalue weighted by atomic mass is 9.95. The molecule has 0 radical (unpaired) electrons. The number of hydrogen-bond acceptors (Lipinski definition) is 8. The summed E-state index contributed by atoms with van der Waals surface area (Å²) in [6, 6.07) is 8.62. The van der Waals surface area contributed by atoms with Gasteiger partial charge in [0.05, 0.1) is 27.3 Å². The average molecular weight is 413 g/mol. The zero-order chi connectivity index (χ0) is 20.4. The van der Waals surface area contributed by atoms with Crippen molar-refractivity contribution in [3.63, 3.8) is 0 Å². The summed E-state index contributed by atoms with van der Waals surface area (Å²) in [7, 11) is 3.09. The van der Waals surface area contributed by atoms with Crippen LogP contribution in [0.1, 0.15) is 17.2 Å². The van der Waals surface area contributed by atoms with Gasteiger partial charge in [0.1, 0.15) is 23.3 Å².